The van der Waals surface area contributed by atoms with E-state index in [9.17, 15) is 15.3 Å². The van der Waals surface area contributed by atoms with Crippen LogP contribution in [-0.2, 0) is 9.47 Å². The lowest BCUT2D eigenvalue weighted by Gasteiger charge is -2.40. The van der Waals surface area contributed by atoms with Crippen LogP contribution in [-0.4, -0.2) is 62.8 Å². The quantitative estimate of drug-likeness (QED) is 0.494. The molecule has 1 fully saturated rings. The normalized spacial score (nSPS) is 42.0. The van der Waals surface area contributed by atoms with Crippen LogP contribution in [0.15, 0.2) is 0 Å². The van der Waals surface area contributed by atoms with Gasteiger partial charge in [0.05, 0.1) is 6.61 Å². The summed E-state index contributed by atoms with van der Waals surface area (Å²) in [5.74, 6) is 0. The van der Waals surface area contributed by atoms with E-state index in [2.05, 4.69) is 15.9 Å². The molecule has 0 aromatic heterocycles. The molecule has 0 aromatic rings. The fourth-order valence-electron chi connectivity index (χ4n) is 1.42. The molecule has 6 nitrogen and oxygen atoms in total. The first-order valence-corrected chi connectivity index (χ1v) is 6.02. The van der Waals surface area contributed by atoms with Crippen LogP contribution in [0.5, 0.6) is 0 Å². The summed E-state index contributed by atoms with van der Waals surface area (Å²) in [5.41, 5.74) is 0. The van der Waals surface area contributed by atoms with E-state index < -0.39 is 37.3 Å². The number of hydrogen-bond donors (Lipinski definition) is 4. The Morgan fingerprint density at radius 2 is 1.88 bits per heavy atom. The van der Waals surface area contributed by atoms with Crippen molar-refractivity contribution in [1.82, 2.24) is 0 Å². The minimum absolute atomic E-state index is 0.325. The Morgan fingerprint density at radius 3 is 2.38 bits per heavy atom. The Labute approximate surface area is 102 Å². The highest BCUT2D eigenvalue weighted by atomic mass is 79.9. The Hall–Kier alpha value is 0.240. The molecule has 0 aromatic carbocycles. The van der Waals surface area contributed by atoms with Crippen LogP contribution in [0.4, 0.5) is 0 Å². The van der Waals surface area contributed by atoms with Gasteiger partial charge in [-0.2, -0.15) is 0 Å². The van der Waals surface area contributed by atoms with Crippen molar-refractivity contribution in [2.24, 2.45) is 0 Å². The van der Waals surface area contributed by atoms with Gasteiger partial charge in [-0.3, -0.25) is 0 Å². The highest BCUT2D eigenvalue weighted by Crippen LogP contribution is 2.24. The van der Waals surface area contributed by atoms with Crippen molar-refractivity contribution in [3.8, 4) is 0 Å². The van der Waals surface area contributed by atoms with Gasteiger partial charge >= 0.3 is 0 Å². The van der Waals surface area contributed by atoms with Gasteiger partial charge < -0.3 is 29.9 Å². The van der Waals surface area contributed by atoms with Crippen molar-refractivity contribution in [3.05, 3.63) is 0 Å². The lowest BCUT2D eigenvalue weighted by molar-refractivity contribution is -0.303. The summed E-state index contributed by atoms with van der Waals surface area (Å²) in [4.78, 5) is 0. The van der Waals surface area contributed by atoms with Crippen LogP contribution in [0.1, 0.15) is 13.3 Å². The molecule has 0 radical (unpaired) electrons. The number of ether oxygens (including phenoxy) is 2. The van der Waals surface area contributed by atoms with Gasteiger partial charge in [0.1, 0.15) is 29.4 Å². The molecular formula is C9H17BrO6. The van der Waals surface area contributed by atoms with Gasteiger partial charge in [-0.1, -0.05) is 22.9 Å². The first kappa shape index (κ1) is 14.3. The first-order chi connectivity index (χ1) is 7.51. The Morgan fingerprint density at radius 1 is 1.25 bits per heavy atom. The number of aliphatic hydroxyl groups is 4. The minimum Gasteiger partial charge on any atom is -0.394 e. The Bertz CT molecular complexity index is 214. The average Bonchev–Trinajstić information content (AvgIpc) is 2.29. The van der Waals surface area contributed by atoms with Gasteiger partial charge in [-0.05, 0) is 6.42 Å². The van der Waals surface area contributed by atoms with Crippen LogP contribution in [0.25, 0.3) is 0 Å². The van der Waals surface area contributed by atoms with Crippen molar-refractivity contribution >= 4 is 15.9 Å². The maximum absolute atomic E-state index is 9.60. The van der Waals surface area contributed by atoms with E-state index in [-0.39, 0.29) is 5.01 Å². The molecule has 4 N–H and O–H groups in total. The zero-order chi connectivity index (χ0) is 12.3. The van der Waals surface area contributed by atoms with Gasteiger partial charge in [-0.25, -0.2) is 0 Å². The largest absolute Gasteiger partial charge is 0.394 e. The Kier molecular flexibility index (Phi) is 5.58. The number of alkyl halides is 1. The lowest BCUT2D eigenvalue weighted by Crippen LogP contribution is -2.59. The monoisotopic (exact) mass is 300 g/mol. The molecule has 0 unspecified atom stereocenters. The summed E-state index contributed by atoms with van der Waals surface area (Å²) in [6, 6.07) is 0. The van der Waals surface area contributed by atoms with Crippen molar-refractivity contribution < 1.29 is 29.9 Å². The molecule has 0 saturated carbocycles. The molecule has 1 aliphatic heterocycles. The summed E-state index contributed by atoms with van der Waals surface area (Å²) in [6.07, 6.45) is -5.44. The van der Waals surface area contributed by atoms with E-state index in [0.717, 1.165) is 0 Å². The highest BCUT2D eigenvalue weighted by molar-refractivity contribution is 9.09. The smallest absolute Gasteiger partial charge is 0.188 e. The zero-order valence-corrected chi connectivity index (χ0v) is 10.4. The molecule has 0 aliphatic carbocycles. The highest BCUT2D eigenvalue weighted by Gasteiger charge is 2.44. The number of aliphatic hydroxyl groups excluding tert-OH is 4. The summed E-state index contributed by atoms with van der Waals surface area (Å²) < 4.78 is 10.4. The molecule has 0 spiro atoms. The molecular weight excluding hydrogens is 284 g/mol. The third kappa shape index (κ3) is 3.13. The molecule has 96 valence electrons. The standard InChI is InChI=1S/C9H17BrO6/c1-2-5(10)16-9-8(14)7(13)6(12)4(3-11)15-9/h4-9,11-14H,2-3H2,1H3/t4-,5-,6+,7+,8-,9-/m1/s1. The zero-order valence-electron chi connectivity index (χ0n) is 8.86. The predicted molar refractivity (Wildman–Crippen MR) is 57.9 cm³/mol. The molecule has 1 rings (SSSR count). The van der Waals surface area contributed by atoms with Crippen molar-refractivity contribution in [2.45, 2.75) is 49.1 Å². The molecule has 0 amide bonds. The van der Waals surface area contributed by atoms with Gasteiger partial charge in [0.25, 0.3) is 0 Å². The van der Waals surface area contributed by atoms with E-state index in [1.54, 1.807) is 0 Å². The minimum atomic E-state index is -1.40. The van der Waals surface area contributed by atoms with E-state index in [4.69, 9.17) is 14.6 Å². The fraction of sp³-hybridized carbons (Fsp3) is 1.00. The number of hydrogen-bond acceptors (Lipinski definition) is 6. The summed E-state index contributed by atoms with van der Waals surface area (Å²) in [6.45, 7) is 1.41. The SMILES string of the molecule is CC[C@H](Br)O[C@H]1O[C@H](CO)[C@H](O)[C@H](O)[C@H]1O. The van der Waals surface area contributed by atoms with E-state index in [1.165, 1.54) is 0 Å². The molecule has 16 heavy (non-hydrogen) atoms. The molecule has 7 heteroatoms. The third-order valence-electron chi connectivity index (χ3n) is 2.45. The second kappa shape index (κ2) is 6.25. The van der Waals surface area contributed by atoms with Crippen molar-refractivity contribution in [1.29, 1.82) is 0 Å². The second-order valence-electron chi connectivity index (χ2n) is 3.65. The Balaban J connectivity index is 2.63. The maximum Gasteiger partial charge on any atom is 0.188 e. The number of rotatable bonds is 4. The summed E-state index contributed by atoms with van der Waals surface area (Å²) in [5, 5.41) is 37.2. The van der Waals surface area contributed by atoms with E-state index >= 15 is 0 Å². The van der Waals surface area contributed by atoms with Crippen LogP contribution in [0.2, 0.25) is 0 Å². The van der Waals surface area contributed by atoms with Gasteiger partial charge in [0.15, 0.2) is 6.29 Å². The molecule has 1 aliphatic rings. The van der Waals surface area contributed by atoms with E-state index in [1.807, 2.05) is 6.92 Å². The van der Waals surface area contributed by atoms with Crippen molar-refractivity contribution in [2.75, 3.05) is 6.61 Å². The molecule has 6 atom stereocenters. The molecule has 0 bridgehead atoms. The lowest BCUT2D eigenvalue weighted by atomic mass is 9.99. The topological polar surface area (TPSA) is 99.4 Å². The van der Waals surface area contributed by atoms with Gasteiger partial charge in [0.2, 0.25) is 0 Å². The average molecular weight is 301 g/mol. The van der Waals surface area contributed by atoms with E-state index in [0.29, 0.717) is 6.42 Å². The maximum atomic E-state index is 9.60. The van der Waals surface area contributed by atoms with Crippen LogP contribution in [0.3, 0.4) is 0 Å². The number of halogens is 1. The third-order valence-corrected chi connectivity index (χ3v) is 3.31. The molecule has 1 saturated heterocycles. The molecule has 1 heterocycles. The fourth-order valence-corrected chi connectivity index (χ4v) is 1.63. The second-order valence-corrected chi connectivity index (χ2v) is 4.67. The van der Waals surface area contributed by atoms with Crippen molar-refractivity contribution in [3.63, 3.8) is 0 Å². The summed E-state index contributed by atoms with van der Waals surface area (Å²) >= 11 is 3.20. The van der Waals surface area contributed by atoms with Crippen LogP contribution >= 0.6 is 15.9 Å². The van der Waals surface area contributed by atoms with Gasteiger partial charge in [-0.15, -0.1) is 0 Å². The summed E-state index contributed by atoms with van der Waals surface area (Å²) in [7, 11) is 0. The first-order valence-electron chi connectivity index (χ1n) is 5.11. The van der Waals surface area contributed by atoms with Gasteiger partial charge in [0, 0.05) is 0 Å². The van der Waals surface area contributed by atoms with Crippen LogP contribution < -0.4 is 0 Å². The predicted octanol–water partition coefficient (Wildman–Crippen LogP) is -1.07. The van der Waals surface area contributed by atoms with Crippen LogP contribution in [0, 0.1) is 0 Å².